The summed E-state index contributed by atoms with van der Waals surface area (Å²) in [4.78, 5) is 7.92. The van der Waals surface area contributed by atoms with E-state index in [1.54, 1.807) is 16.8 Å². The zero-order valence-corrected chi connectivity index (χ0v) is 7.98. The van der Waals surface area contributed by atoms with Crippen LogP contribution >= 0.6 is 15.9 Å². The summed E-state index contributed by atoms with van der Waals surface area (Å²) < 4.78 is 2.27. The van der Waals surface area contributed by atoms with Crippen molar-refractivity contribution >= 4 is 27.4 Å². The van der Waals surface area contributed by atoms with Crippen molar-refractivity contribution in [2.24, 2.45) is 0 Å². The number of hydrogen-bond acceptors (Lipinski definition) is 4. The van der Waals surface area contributed by atoms with Crippen molar-refractivity contribution in [3.8, 4) is 6.07 Å². The molecule has 2 aromatic heterocycles. The predicted molar refractivity (Wildman–Crippen MR) is 49.8 cm³/mol. The lowest BCUT2D eigenvalue weighted by Gasteiger charge is -1.96. The minimum absolute atomic E-state index is 0.302. The first-order valence-electron chi connectivity index (χ1n) is 3.41. The van der Waals surface area contributed by atoms with Crippen LogP contribution in [0.1, 0.15) is 5.69 Å². The Morgan fingerprint density at radius 2 is 2.23 bits per heavy atom. The maximum atomic E-state index is 8.60. The molecule has 0 aliphatic rings. The molecular formula is C7H4BrN5. The number of nitriles is 1. The van der Waals surface area contributed by atoms with Gasteiger partial charge in [0.25, 0.3) is 0 Å². The van der Waals surface area contributed by atoms with Crippen molar-refractivity contribution in [2.45, 2.75) is 0 Å². The number of rotatable bonds is 0. The molecule has 0 spiro atoms. The Balaban J connectivity index is 2.84. The maximum Gasteiger partial charge on any atom is 0.181 e. The molecule has 0 atom stereocenters. The minimum Gasteiger partial charge on any atom is -0.381 e. The molecule has 64 valence electrons. The number of imidazole rings is 1. The Kier molecular flexibility index (Phi) is 1.67. The summed E-state index contributed by atoms with van der Waals surface area (Å²) in [6.45, 7) is 0. The van der Waals surface area contributed by atoms with Crippen LogP contribution < -0.4 is 5.73 Å². The van der Waals surface area contributed by atoms with Crippen LogP contribution in [0.2, 0.25) is 0 Å². The average molecular weight is 238 g/mol. The van der Waals surface area contributed by atoms with E-state index >= 15 is 0 Å². The molecule has 0 unspecified atom stereocenters. The van der Waals surface area contributed by atoms with Crippen molar-refractivity contribution in [2.75, 3.05) is 5.73 Å². The van der Waals surface area contributed by atoms with Gasteiger partial charge in [-0.3, -0.25) is 4.40 Å². The second-order valence-corrected chi connectivity index (χ2v) is 3.23. The minimum atomic E-state index is 0.302. The van der Waals surface area contributed by atoms with Crippen LogP contribution in [0.3, 0.4) is 0 Å². The van der Waals surface area contributed by atoms with Gasteiger partial charge < -0.3 is 5.73 Å². The fourth-order valence-electron chi connectivity index (χ4n) is 1.04. The lowest BCUT2D eigenvalue weighted by molar-refractivity contribution is 1.11. The van der Waals surface area contributed by atoms with Gasteiger partial charge in [-0.15, -0.1) is 0 Å². The monoisotopic (exact) mass is 237 g/mol. The Bertz CT molecular complexity index is 509. The first-order valence-corrected chi connectivity index (χ1v) is 4.21. The van der Waals surface area contributed by atoms with Crippen LogP contribution in [0.5, 0.6) is 0 Å². The van der Waals surface area contributed by atoms with E-state index in [1.165, 1.54) is 0 Å². The summed E-state index contributed by atoms with van der Waals surface area (Å²) in [7, 11) is 0. The highest BCUT2D eigenvalue weighted by Gasteiger charge is 2.05. The van der Waals surface area contributed by atoms with Gasteiger partial charge in [-0.1, -0.05) is 0 Å². The summed E-state index contributed by atoms with van der Waals surface area (Å²) in [5, 5.41) is 8.60. The van der Waals surface area contributed by atoms with E-state index in [1.807, 2.05) is 6.07 Å². The van der Waals surface area contributed by atoms with Crippen molar-refractivity contribution in [1.29, 1.82) is 5.26 Å². The van der Waals surface area contributed by atoms with E-state index in [0.717, 1.165) is 0 Å². The number of anilines is 1. The van der Waals surface area contributed by atoms with Crippen LogP contribution in [0.4, 0.5) is 5.82 Å². The standard InChI is InChI=1S/C7H4BrN5/c8-5-3-13-2-4(1-9)11-7(13)6(10)12-5/h2-3H,(H2,10,12). The Morgan fingerprint density at radius 3 is 2.92 bits per heavy atom. The lowest BCUT2D eigenvalue weighted by Crippen LogP contribution is -1.96. The summed E-state index contributed by atoms with van der Waals surface area (Å²) >= 11 is 3.19. The molecule has 0 radical (unpaired) electrons. The van der Waals surface area contributed by atoms with E-state index in [-0.39, 0.29) is 0 Å². The first kappa shape index (κ1) is 8.01. The van der Waals surface area contributed by atoms with Gasteiger partial charge in [0, 0.05) is 12.4 Å². The average Bonchev–Trinajstić information content (AvgIpc) is 2.47. The van der Waals surface area contributed by atoms with Gasteiger partial charge in [0.2, 0.25) is 0 Å². The highest BCUT2D eigenvalue weighted by Crippen LogP contribution is 2.14. The van der Waals surface area contributed by atoms with Crippen LogP contribution in [-0.2, 0) is 0 Å². The fourth-order valence-corrected chi connectivity index (χ4v) is 1.46. The summed E-state index contributed by atoms with van der Waals surface area (Å²) in [6.07, 6.45) is 3.29. The van der Waals surface area contributed by atoms with Gasteiger partial charge in [0.1, 0.15) is 10.7 Å². The van der Waals surface area contributed by atoms with Crippen molar-refractivity contribution in [1.82, 2.24) is 14.4 Å². The summed E-state index contributed by atoms with van der Waals surface area (Å²) in [5.41, 5.74) is 6.42. The van der Waals surface area contributed by atoms with Crippen LogP contribution in [0.25, 0.3) is 5.65 Å². The Hall–Kier alpha value is -1.61. The van der Waals surface area contributed by atoms with Gasteiger partial charge in [0.15, 0.2) is 17.2 Å². The second-order valence-electron chi connectivity index (χ2n) is 2.42. The SMILES string of the molecule is N#Cc1cn2cc(Br)nc(N)c2n1. The highest BCUT2D eigenvalue weighted by molar-refractivity contribution is 9.10. The van der Waals surface area contributed by atoms with E-state index in [2.05, 4.69) is 25.9 Å². The van der Waals surface area contributed by atoms with Crippen LogP contribution in [0, 0.1) is 11.3 Å². The topological polar surface area (TPSA) is 80.0 Å². The van der Waals surface area contributed by atoms with Gasteiger partial charge in [0.05, 0.1) is 0 Å². The molecule has 0 bridgehead atoms. The lowest BCUT2D eigenvalue weighted by atomic mass is 10.5. The largest absolute Gasteiger partial charge is 0.381 e. The summed E-state index contributed by atoms with van der Waals surface area (Å²) in [5.74, 6) is 0.302. The molecule has 2 N–H and O–H groups in total. The Labute approximate surface area is 82.0 Å². The number of fused-ring (bicyclic) bond motifs is 1. The van der Waals surface area contributed by atoms with E-state index in [9.17, 15) is 0 Å². The molecule has 0 aliphatic heterocycles. The zero-order chi connectivity index (χ0) is 9.42. The third-order valence-corrected chi connectivity index (χ3v) is 1.93. The Morgan fingerprint density at radius 1 is 1.46 bits per heavy atom. The fraction of sp³-hybridized carbons (Fsp3) is 0. The smallest absolute Gasteiger partial charge is 0.181 e. The maximum absolute atomic E-state index is 8.60. The molecule has 6 heteroatoms. The van der Waals surface area contributed by atoms with Crippen molar-refractivity contribution in [3.63, 3.8) is 0 Å². The normalized spacial score (nSPS) is 10.2. The third-order valence-electron chi connectivity index (χ3n) is 1.55. The van der Waals surface area contributed by atoms with Gasteiger partial charge in [-0.2, -0.15) is 5.26 Å². The quantitative estimate of drug-likeness (QED) is 0.740. The molecule has 0 aliphatic carbocycles. The number of halogens is 1. The number of hydrogen-bond donors (Lipinski definition) is 1. The molecule has 0 aromatic carbocycles. The van der Waals surface area contributed by atoms with E-state index in [4.69, 9.17) is 11.0 Å². The van der Waals surface area contributed by atoms with Gasteiger partial charge >= 0.3 is 0 Å². The number of aromatic nitrogens is 3. The van der Waals surface area contributed by atoms with Crippen LogP contribution in [-0.4, -0.2) is 14.4 Å². The molecule has 2 rings (SSSR count). The van der Waals surface area contributed by atoms with Crippen molar-refractivity contribution in [3.05, 3.63) is 22.7 Å². The number of nitrogen functional groups attached to an aromatic ring is 1. The van der Waals surface area contributed by atoms with Crippen LogP contribution in [0.15, 0.2) is 17.0 Å². The molecule has 0 amide bonds. The molecule has 5 nitrogen and oxygen atoms in total. The van der Waals surface area contributed by atoms with Gasteiger partial charge in [-0.05, 0) is 15.9 Å². The molecule has 0 saturated carbocycles. The first-order chi connectivity index (χ1) is 6.20. The number of nitrogens with two attached hydrogens (primary N) is 1. The predicted octanol–water partition coefficient (Wildman–Crippen LogP) is 0.946. The molecular weight excluding hydrogens is 234 g/mol. The van der Waals surface area contributed by atoms with E-state index < -0.39 is 0 Å². The molecule has 13 heavy (non-hydrogen) atoms. The molecule has 0 fully saturated rings. The molecule has 2 heterocycles. The number of nitrogens with zero attached hydrogens (tertiary/aromatic N) is 4. The van der Waals surface area contributed by atoms with Gasteiger partial charge in [-0.25, -0.2) is 9.97 Å². The summed E-state index contributed by atoms with van der Waals surface area (Å²) in [6, 6.07) is 1.93. The molecule has 2 aromatic rings. The highest BCUT2D eigenvalue weighted by atomic mass is 79.9. The van der Waals surface area contributed by atoms with Crippen molar-refractivity contribution < 1.29 is 0 Å². The third kappa shape index (κ3) is 1.23. The zero-order valence-electron chi connectivity index (χ0n) is 6.40. The van der Waals surface area contributed by atoms with E-state index in [0.29, 0.717) is 21.8 Å². The molecule has 0 saturated heterocycles. The second kappa shape index (κ2) is 2.71.